The van der Waals surface area contributed by atoms with Gasteiger partial charge in [-0.25, -0.2) is 0 Å². The molecule has 0 aromatic carbocycles. The topological polar surface area (TPSA) is 15.3 Å². The van der Waals surface area contributed by atoms with Crippen molar-refractivity contribution in [1.82, 2.24) is 10.2 Å². The Morgan fingerprint density at radius 2 is 2.00 bits per heavy atom. The Hall–Kier alpha value is -0.0800. The number of nitrogens with zero attached hydrogens (tertiary/aromatic N) is 1. The molecule has 0 spiro atoms. The molecule has 2 saturated heterocycles. The minimum absolute atomic E-state index is 0.829. The Balaban J connectivity index is 1.37. The van der Waals surface area contributed by atoms with Crippen LogP contribution in [0, 0.1) is 6.42 Å². The van der Waals surface area contributed by atoms with E-state index in [4.69, 9.17) is 0 Å². The molecular formula is C14H27N2. The molecule has 93 valence electrons. The summed E-state index contributed by atoms with van der Waals surface area (Å²) in [7, 11) is 0. The maximum Gasteiger partial charge on any atom is 0.00676 e. The zero-order valence-corrected chi connectivity index (χ0v) is 10.6. The zero-order valence-electron chi connectivity index (χ0n) is 10.6. The van der Waals surface area contributed by atoms with E-state index in [-0.39, 0.29) is 0 Å². The number of nitrogens with one attached hydrogen (secondary N) is 1. The molecule has 1 atom stereocenters. The summed E-state index contributed by atoms with van der Waals surface area (Å²) in [6.45, 7) is 5.29. The maximum atomic E-state index is 3.56. The number of unbranched alkanes of at least 4 members (excludes halogenated alkanes) is 3. The van der Waals surface area contributed by atoms with Crippen molar-refractivity contribution in [1.29, 1.82) is 0 Å². The molecule has 0 bridgehead atoms. The van der Waals surface area contributed by atoms with E-state index in [0.29, 0.717) is 0 Å². The van der Waals surface area contributed by atoms with E-state index in [1.165, 1.54) is 77.5 Å². The van der Waals surface area contributed by atoms with Crippen LogP contribution in [0.25, 0.3) is 0 Å². The summed E-state index contributed by atoms with van der Waals surface area (Å²) in [6.07, 6.45) is 13.5. The van der Waals surface area contributed by atoms with Crippen LogP contribution in [0.4, 0.5) is 0 Å². The Bertz CT molecular complexity index is 150. The van der Waals surface area contributed by atoms with Gasteiger partial charge in [-0.2, -0.15) is 0 Å². The number of hydrogen-bond donors (Lipinski definition) is 1. The van der Waals surface area contributed by atoms with Crippen molar-refractivity contribution in [2.45, 2.75) is 57.4 Å². The summed E-state index contributed by atoms with van der Waals surface area (Å²) in [5.74, 6) is 0. The third-order valence-corrected chi connectivity index (χ3v) is 3.96. The van der Waals surface area contributed by atoms with Gasteiger partial charge < -0.3 is 10.2 Å². The Kier molecular flexibility index (Phi) is 5.64. The fourth-order valence-electron chi connectivity index (χ4n) is 2.93. The Morgan fingerprint density at radius 3 is 2.75 bits per heavy atom. The number of likely N-dealkylation sites (tertiary alicyclic amines) is 1. The molecule has 1 unspecified atom stereocenters. The lowest BCUT2D eigenvalue weighted by atomic mass is 10.1. The molecule has 2 heterocycles. The minimum Gasteiger partial charge on any atom is -0.314 e. The molecule has 2 rings (SSSR count). The van der Waals surface area contributed by atoms with Crippen LogP contribution in [0.3, 0.4) is 0 Å². The van der Waals surface area contributed by atoms with Crippen molar-refractivity contribution in [2.24, 2.45) is 0 Å². The van der Waals surface area contributed by atoms with Gasteiger partial charge in [0.2, 0.25) is 0 Å². The second-order valence-electron chi connectivity index (χ2n) is 5.35. The summed E-state index contributed by atoms with van der Waals surface area (Å²) in [5, 5.41) is 3.56. The van der Waals surface area contributed by atoms with Crippen molar-refractivity contribution in [3.05, 3.63) is 6.42 Å². The SMILES string of the molecule is [CH](CCCN1CCCC1)CCC1CCCN1. The second-order valence-corrected chi connectivity index (χ2v) is 5.35. The van der Waals surface area contributed by atoms with Crippen LogP contribution in [0.15, 0.2) is 0 Å². The fourth-order valence-corrected chi connectivity index (χ4v) is 2.93. The summed E-state index contributed by atoms with van der Waals surface area (Å²) < 4.78 is 0. The van der Waals surface area contributed by atoms with Gasteiger partial charge in [-0.05, 0) is 84.0 Å². The fraction of sp³-hybridized carbons (Fsp3) is 0.929. The maximum absolute atomic E-state index is 3.56. The number of rotatable bonds is 7. The lowest BCUT2D eigenvalue weighted by Crippen LogP contribution is -2.21. The highest BCUT2D eigenvalue weighted by Crippen LogP contribution is 2.14. The molecular weight excluding hydrogens is 196 g/mol. The van der Waals surface area contributed by atoms with Gasteiger partial charge in [0, 0.05) is 6.04 Å². The van der Waals surface area contributed by atoms with Gasteiger partial charge >= 0.3 is 0 Å². The summed E-state index contributed by atoms with van der Waals surface area (Å²) >= 11 is 0. The van der Waals surface area contributed by atoms with Gasteiger partial charge in [0.1, 0.15) is 0 Å². The molecule has 16 heavy (non-hydrogen) atoms. The predicted molar refractivity (Wildman–Crippen MR) is 69.5 cm³/mol. The summed E-state index contributed by atoms with van der Waals surface area (Å²) in [6, 6.07) is 0.829. The van der Waals surface area contributed by atoms with Gasteiger partial charge in [0.15, 0.2) is 0 Å². The average Bonchev–Trinajstić information content (AvgIpc) is 2.96. The second kappa shape index (κ2) is 7.29. The first-order chi connectivity index (χ1) is 7.95. The quantitative estimate of drug-likeness (QED) is 0.667. The van der Waals surface area contributed by atoms with E-state index in [9.17, 15) is 0 Å². The largest absolute Gasteiger partial charge is 0.314 e. The molecule has 2 aliphatic rings. The molecule has 0 aliphatic carbocycles. The van der Waals surface area contributed by atoms with Crippen LogP contribution in [-0.2, 0) is 0 Å². The van der Waals surface area contributed by atoms with Crippen molar-refractivity contribution in [2.75, 3.05) is 26.2 Å². The van der Waals surface area contributed by atoms with E-state index >= 15 is 0 Å². The van der Waals surface area contributed by atoms with Crippen molar-refractivity contribution < 1.29 is 0 Å². The molecule has 0 amide bonds. The zero-order chi connectivity index (χ0) is 11.1. The molecule has 1 radical (unpaired) electrons. The van der Waals surface area contributed by atoms with Crippen LogP contribution < -0.4 is 5.32 Å². The van der Waals surface area contributed by atoms with Gasteiger partial charge in [-0.15, -0.1) is 0 Å². The molecule has 2 aliphatic heterocycles. The molecule has 2 nitrogen and oxygen atoms in total. The normalized spacial score (nSPS) is 26.6. The van der Waals surface area contributed by atoms with Crippen LogP contribution in [0.2, 0.25) is 0 Å². The number of hydrogen-bond acceptors (Lipinski definition) is 2. The van der Waals surface area contributed by atoms with Crippen LogP contribution in [-0.4, -0.2) is 37.1 Å². The predicted octanol–water partition coefficient (Wildman–Crippen LogP) is 2.60. The third-order valence-electron chi connectivity index (χ3n) is 3.96. The lowest BCUT2D eigenvalue weighted by Gasteiger charge is -2.14. The van der Waals surface area contributed by atoms with Crippen molar-refractivity contribution in [3.8, 4) is 0 Å². The molecule has 0 saturated carbocycles. The van der Waals surface area contributed by atoms with E-state index in [1.807, 2.05) is 0 Å². The highest BCUT2D eigenvalue weighted by atomic mass is 15.1. The Labute approximate surface area is 101 Å². The standard InChI is InChI=1S/C14H27N2/c1(3-8-14-9-7-10-15-14)2-4-11-16-12-5-6-13-16/h1,14-15H,2-13H2. The first kappa shape index (κ1) is 12.4. The molecule has 2 fully saturated rings. The third kappa shape index (κ3) is 4.42. The molecule has 0 aromatic rings. The van der Waals surface area contributed by atoms with E-state index in [0.717, 1.165) is 6.04 Å². The highest BCUT2D eigenvalue weighted by molar-refractivity contribution is 4.77. The average molecular weight is 223 g/mol. The minimum atomic E-state index is 0.829. The molecule has 2 heteroatoms. The summed E-state index contributed by atoms with van der Waals surface area (Å²) in [4.78, 5) is 2.62. The van der Waals surface area contributed by atoms with Crippen LogP contribution >= 0.6 is 0 Å². The smallest absolute Gasteiger partial charge is 0.00676 e. The van der Waals surface area contributed by atoms with Crippen LogP contribution in [0.1, 0.15) is 51.4 Å². The van der Waals surface area contributed by atoms with Gasteiger partial charge in [-0.1, -0.05) is 0 Å². The van der Waals surface area contributed by atoms with Crippen molar-refractivity contribution in [3.63, 3.8) is 0 Å². The van der Waals surface area contributed by atoms with E-state index in [1.54, 1.807) is 0 Å². The van der Waals surface area contributed by atoms with Crippen molar-refractivity contribution >= 4 is 0 Å². The van der Waals surface area contributed by atoms with E-state index in [2.05, 4.69) is 16.6 Å². The van der Waals surface area contributed by atoms with Gasteiger partial charge in [0.25, 0.3) is 0 Å². The van der Waals surface area contributed by atoms with Crippen LogP contribution in [0.5, 0.6) is 0 Å². The molecule has 0 aromatic heterocycles. The van der Waals surface area contributed by atoms with Gasteiger partial charge in [-0.3, -0.25) is 0 Å². The molecule has 1 N–H and O–H groups in total. The van der Waals surface area contributed by atoms with Gasteiger partial charge in [0.05, 0.1) is 0 Å². The summed E-state index contributed by atoms with van der Waals surface area (Å²) in [5.41, 5.74) is 0. The monoisotopic (exact) mass is 223 g/mol. The first-order valence-electron chi connectivity index (χ1n) is 7.22. The lowest BCUT2D eigenvalue weighted by molar-refractivity contribution is 0.332. The Morgan fingerprint density at radius 1 is 1.12 bits per heavy atom. The highest BCUT2D eigenvalue weighted by Gasteiger charge is 2.13. The van der Waals surface area contributed by atoms with E-state index < -0.39 is 0 Å². The first-order valence-corrected chi connectivity index (χ1v) is 7.22.